The van der Waals surface area contributed by atoms with E-state index in [9.17, 15) is 13.2 Å². The summed E-state index contributed by atoms with van der Waals surface area (Å²) in [7, 11) is -3.31. The number of sulfone groups is 1. The standard InChI is InChI=1S/C24H24N4O4S/c1-4-23(29)26-15(2)18-13-20-21(28-24(27-20)19-7-5-6-12-25-19)14-22(18)32-16-8-10-17(11-9-16)33(3,30)31/h5-15H,4H2,1-3H3,(H,26,29)(H,27,28). The summed E-state index contributed by atoms with van der Waals surface area (Å²) in [5.74, 6) is 1.52. The van der Waals surface area contributed by atoms with Crippen molar-refractivity contribution in [3.63, 3.8) is 0 Å². The quantitative estimate of drug-likeness (QED) is 0.419. The topological polar surface area (TPSA) is 114 Å². The number of carbonyl (C=O) groups is 1. The van der Waals surface area contributed by atoms with Gasteiger partial charge in [0.2, 0.25) is 5.91 Å². The zero-order valence-corrected chi connectivity index (χ0v) is 19.3. The Morgan fingerprint density at radius 1 is 1.15 bits per heavy atom. The third kappa shape index (κ3) is 5.04. The van der Waals surface area contributed by atoms with E-state index in [4.69, 9.17) is 4.74 Å². The molecule has 170 valence electrons. The molecule has 33 heavy (non-hydrogen) atoms. The number of ether oxygens (including phenoxy) is 1. The van der Waals surface area contributed by atoms with Crippen LogP contribution in [-0.4, -0.2) is 35.5 Å². The second-order valence-electron chi connectivity index (χ2n) is 7.70. The number of hydrogen-bond acceptors (Lipinski definition) is 6. The molecule has 0 aliphatic heterocycles. The number of imidazole rings is 1. The lowest BCUT2D eigenvalue weighted by atomic mass is 10.1. The van der Waals surface area contributed by atoms with Gasteiger partial charge in [-0.2, -0.15) is 0 Å². The van der Waals surface area contributed by atoms with E-state index in [1.165, 1.54) is 12.1 Å². The van der Waals surface area contributed by atoms with Crippen molar-refractivity contribution >= 4 is 26.8 Å². The molecule has 2 aromatic heterocycles. The fraction of sp³-hybridized carbons (Fsp3) is 0.208. The summed E-state index contributed by atoms with van der Waals surface area (Å²) in [6.45, 7) is 3.67. The number of nitrogens with one attached hydrogen (secondary N) is 2. The largest absolute Gasteiger partial charge is 0.457 e. The minimum atomic E-state index is -3.31. The summed E-state index contributed by atoms with van der Waals surface area (Å²) in [5.41, 5.74) is 2.92. The van der Waals surface area contributed by atoms with Crippen LogP contribution in [0.1, 0.15) is 31.9 Å². The van der Waals surface area contributed by atoms with Gasteiger partial charge in [0, 0.05) is 30.5 Å². The van der Waals surface area contributed by atoms with E-state index in [-0.39, 0.29) is 16.8 Å². The maximum Gasteiger partial charge on any atom is 0.220 e. The third-order valence-electron chi connectivity index (χ3n) is 5.17. The summed E-state index contributed by atoms with van der Waals surface area (Å²) in [5, 5.41) is 2.96. The smallest absolute Gasteiger partial charge is 0.220 e. The Balaban J connectivity index is 1.76. The van der Waals surface area contributed by atoms with Gasteiger partial charge in [0.15, 0.2) is 15.7 Å². The van der Waals surface area contributed by atoms with Crippen LogP contribution in [-0.2, 0) is 14.6 Å². The van der Waals surface area contributed by atoms with Gasteiger partial charge in [-0.05, 0) is 49.4 Å². The van der Waals surface area contributed by atoms with E-state index in [0.717, 1.165) is 17.3 Å². The van der Waals surface area contributed by atoms with Crippen molar-refractivity contribution in [1.82, 2.24) is 20.3 Å². The summed E-state index contributed by atoms with van der Waals surface area (Å²) in [6, 6.07) is 15.2. The summed E-state index contributed by atoms with van der Waals surface area (Å²) >= 11 is 0. The van der Waals surface area contributed by atoms with Crippen LogP contribution < -0.4 is 10.1 Å². The molecule has 9 heteroatoms. The van der Waals surface area contributed by atoms with E-state index in [0.29, 0.717) is 35.0 Å². The van der Waals surface area contributed by atoms with Crippen LogP contribution in [0.15, 0.2) is 65.7 Å². The number of amides is 1. The lowest BCUT2D eigenvalue weighted by Gasteiger charge is -2.18. The normalized spacial score (nSPS) is 12.5. The maximum atomic E-state index is 12.0. The van der Waals surface area contributed by atoms with Gasteiger partial charge in [-0.25, -0.2) is 13.4 Å². The highest BCUT2D eigenvalue weighted by Crippen LogP contribution is 2.34. The van der Waals surface area contributed by atoms with Gasteiger partial charge in [0.1, 0.15) is 17.2 Å². The second kappa shape index (κ2) is 9.03. The van der Waals surface area contributed by atoms with E-state index < -0.39 is 9.84 Å². The van der Waals surface area contributed by atoms with Gasteiger partial charge < -0.3 is 15.0 Å². The number of pyridine rings is 1. The predicted molar refractivity (Wildman–Crippen MR) is 126 cm³/mol. The minimum absolute atomic E-state index is 0.0789. The summed E-state index contributed by atoms with van der Waals surface area (Å²) < 4.78 is 29.6. The average molecular weight is 465 g/mol. The molecule has 4 rings (SSSR count). The van der Waals surface area contributed by atoms with Crippen LogP contribution in [0, 0.1) is 0 Å². The van der Waals surface area contributed by atoms with Gasteiger partial charge in [0.25, 0.3) is 0 Å². The molecule has 0 bridgehead atoms. The molecule has 1 unspecified atom stereocenters. The van der Waals surface area contributed by atoms with E-state index >= 15 is 0 Å². The van der Waals surface area contributed by atoms with E-state index in [2.05, 4.69) is 20.3 Å². The molecule has 0 fully saturated rings. The van der Waals surface area contributed by atoms with Crippen LogP contribution in [0.5, 0.6) is 11.5 Å². The number of rotatable bonds is 7. The highest BCUT2D eigenvalue weighted by molar-refractivity contribution is 7.90. The van der Waals surface area contributed by atoms with Crippen molar-refractivity contribution in [1.29, 1.82) is 0 Å². The van der Waals surface area contributed by atoms with Crippen molar-refractivity contribution in [3.05, 3.63) is 66.4 Å². The van der Waals surface area contributed by atoms with Crippen LogP contribution in [0.2, 0.25) is 0 Å². The molecule has 0 aliphatic carbocycles. The van der Waals surface area contributed by atoms with Gasteiger partial charge in [-0.3, -0.25) is 9.78 Å². The van der Waals surface area contributed by atoms with Gasteiger partial charge in [-0.1, -0.05) is 13.0 Å². The molecular weight excluding hydrogens is 440 g/mol. The first-order valence-electron chi connectivity index (χ1n) is 10.5. The fourth-order valence-electron chi connectivity index (χ4n) is 3.41. The van der Waals surface area contributed by atoms with Crippen LogP contribution >= 0.6 is 0 Å². The Morgan fingerprint density at radius 3 is 2.55 bits per heavy atom. The summed E-state index contributed by atoms with van der Waals surface area (Å²) in [4.78, 5) is 24.5. The number of fused-ring (bicyclic) bond motifs is 1. The molecule has 4 aromatic rings. The molecule has 0 saturated heterocycles. The molecule has 2 heterocycles. The van der Waals surface area contributed by atoms with Crippen molar-refractivity contribution in [2.24, 2.45) is 0 Å². The fourth-order valence-corrected chi connectivity index (χ4v) is 4.04. The molecule has 2 N–H and O–H groups in total. The van der Waals surface area contributed by atoms with Gasteiger partial charge in [0.05, 0.1) is 22.0 Å². The van der Waals surface area contributed by atoms with Crippen molar-refractivity contribution < 1.29 is 17.9 Å². The monoisotopic (exact) mass is 464 g/mol. The highest BCUT2D eigenvalue weighted by Gasteiger charge is 2.18. The molecule has 0 aliphatic rings. The Labute approximate surface area is 192 Å². The average Bonchev–Trinajstić information content (AvgIpc) is 3.22. The van der Waals surface area contributed by atoms with Crippen molar-refractivity contribution in [3.8, 4) is 23.0 Å². The first kappa shape index (κ1) is 22.5. The Morgan fingerprint density at radius 2 is 1.91 bits per heavy atom. The number of H-pyrrole nitrogens is 1. The van der Waals surface area contributed by atoms with E-state index in [1.807, 2.05) is 31.2 Å². The number of carbonyl (C=O) groups excluding carboxylic acids is 1. The SMILES string of the molecule is CCC(=O)NC(C)c1cc2[nH]c(-c3ccccn3)nc2cc1Oc1ccc(S(C)(=O)=O)cc1. The molecule has 0 spiro atoms. The number of nitrogens with zero attached hydrogens (tertiary/aromatic N) is 2. The first-order valence-corrected chi connectivity index (χ1v) is 12.4. The Hall–Kier alpha value is -3.72. The molecule has 1 atom stereocenters. The molecule has 1 amide bonds. The van der Waals surface area contributed by atoms with Crippen LogP contribution in [0.25, 0.3) is 22.6 Å². The molecule has 0 saturated carbocycles. The van der Waals surface area contributed by atoms with E-state index in [1.54, 1.807) is 31.3 Å². The zero-order valence-electron chi connectivity index (χ0n) is 18.5. The van der Waals surface area contributed by atoms with Gasteiger partial charge in [-0.15, -0.1) is 0 Å². The first-order chi connectivity index (χ1) is 15.7. The predicted octanol–water partition coefficient (Wildman–Crippen LogP) is 4.41. The number of benzene rings is 2. The molecule has 0 radical (unpaired) electrons. The Kier molecular flexibility index (Phi) is 6.15. The van der Waals surface area contributed by atoms with Crippen molar-refractivity contribution in [2.45, 2.75) is 31.2 Å². The number of aromatic amines is 1. The van der Waals surface area contributed by atoms with Crippen molar-refractivity contribution in [2.75, 3.05) is 6.26 Å². The molecular formula is C24H24N4O4S. The van der Waals surface area contributed by atoms with Crippen LogP contribution in [0.4, 0.5) is 0 Å². The Bertz CT molecular complexity index is 1400. The summed E-state index contributed by atoms with van der Waals surface area (Å²) in [6.07, 6.45) is 3.22. The minimum Gasteiger partial charge on any atom is -0.457 e. The second-order valence-corrected chi connectivity index (χ2v) is 9.71. The maximum absolute atomic E-state index is 12.0. The lowest BCUT2D eigenvalue weighted by molar-refractivity contribution is -0.121. The van der Waals surface area contributed by atoms with Crippen LogP contribution in [0.3, 0.4) is 0 Å². The zero-order chi connectivity index (χ0) is 23.6. The molecule has 8 nitrogen and oxygen atoms in total. The number of aromatic nitrogens is 3. The molecule has 2 aromatic carbocycles. The van der Waals surface area contributed by atoms with Gasteiger partial charge >= 0.3 is 0 Å². The highest BCUT2D eigenvalue weighted by atomic mass is 32.2. The number of hydrogen-bond donors (Lipinski definition) is 2. The third-order valence-corrected chi connectivity index (χ3v) is 6.29. The lowest BCUT2D eigenvalue weighted by Crippen LogP contribution is -2.25.